The molecule has 3 heterocycles. The van der Waals surface area contributed by atoms with Gasteiger partial charge in [-0.05, 0) is 92.2 Å². The maximum absolute atomic E-state index is 13.3. The van der Waals surface area contributed by atoms with E-state index < -0.39 is 0 Å². The van der Waals surface area contributed by atoms with Gasteiger partial charge >= 0.3 is 0 Å². The maximum atomic E-state index is 13.3. The molecule has 3 aromatic carbocycles. The van der Waals surface area contributed by atoms with Gasteiger partial charge in [-0.2, -0.15) is 4.98 Å². The number of carbonyl (C=O) groups excluding carboxylic acids is 1. The molecule has 0 spiro atoms. The lowest BCUT2D eigenvalue weighted by atomic mass is 10.1. The number of fused-ring (bicyclic) bond motifs is 1. The van der Waals surface area contributed by atoms with Crippen LogP contribution in [-0.2, 0) is 6.54 Å². The molecule has 9 heteroatoms. The summed E-state index contributed by atoms with van der Waals surface area (Å²) in [4.78, 5) is 30.5. The quantitative estimate of drug-likeness (QED) is 0.232. The Morgan fingerprint density at radius 3 is 2.50 bits per heavy atom. The van der Waals surface area contributed by atoms with Crippen LogP contribution in [-0.4, -0.2) is 69.0 Å². The molecule has 1 aliphatic rings. The van der Waals surface area contributed by atoms with Crippen molar-refractivity contribution in [2.75, 3.05) is 38.5 Å². The average Bonchev–Trinajstić information content (AvgIpc) is 3.46. The molecule has 1 amide bonds. The van der Waals surface area contributed by atoms with Crippen LogP contribution in [0, 0.1) is 13.8 Å². The minimum absolute atomic E-state index is 0.167. The number of nitrogens with one attached hydrogen (secondary N) is 2. The topological polar surface area (TPSA) is 107 Å². The van der Waals surface area contributed by atoms with Gasteiger partial charge < -0.3 is 25.0 Å². The van der Waals surface area contributed by atoms with Gasteiger partial charge in [0.2, 0.25) is 5.88 Å². The summed E-state index contributed by atoms with van der Waals surface area (Å²) in [7, 11) is 2.16. The molecule has 0 radical (unpaired) electrons. The van der Waals surface area contributed by atoms with E-state index in [9.17, 15) is 9.90 Å². The summed E-state index contributed by atoms with van der Waals surface area (Å²) >= 11 is 0. The number of rotatable bonds is 7. The van der Waals surface area contributed by atoms with Crippen molar-refractivity contribution in [3.8, 4) is 28.8 Å². The largest absolute Gasteiger partial charge is 0.508 e. The monoisotopic (exact) mass is 562 g/mol. The van der Waals surface area contributed by atoms with E-state index in [-0.39, 0.29) is 11.7 Å². The number of anilines is 1. The number of aromatic amines is 1. The Balaban J connectivity index is 1.20. The number of piperazine rings is 1. The highest BCUT2D eigenvalue weighted by Crippen LogP contribution is 2.32. The SMILES string of the molecule is Cc1cc(NC(=O)c2ccc(C)c(Oc3nc(-c4ccc(O)cc4)nc4cc[nH]c34)c2)ccc1CN1CCN(C)CC1. The number of hydrogen-bond acceptors (Lipinski definition) is 7. The third-order valence-electron chi connectivity index (χ3n) is 7.75. The number of phenols is 1. The van der Waals surface area contributed by atoms with Gasteiger partial charge in [0.15, 0.2) is 5.82 Å². The summed E-state index contributed by atoms with van der Waals surface area (Å²) in [6.45, 7) is 9.23. The number of ether oxygens (including phenoxy) is 1. The van der Waals surface area contributed by atoms with Crippen molar-refractivity contribution < 1.29 is 14.6 Å². The smallest absolute Gasteiger partial charge is 0.255 e. The van der Waals surface area contributed by atoms with Crippen molar-refractivity contribution in [1.29, 1.82) is 0 Å². The number of aromatic hydroxyl groups is 1. The number of aromatic nitrogens is 3. The van der Waals surface area contributed by atoms with Crippen LogP contribution in [0.3, 0.4) is 0 Å². The summed E-state index contributed by atoms with van der Waals surface area (Å²) in [5, 5.41) is 12.7. The average molecular weight is 563 g/mol. The van der Waals surface area contributed by atoms with Gasteiger partial charge in [0.25, 0.3) is 5.91 Å². The van der Waals surface area contributed by atoms with Crippen molar-refractivity contribution >= 4 is 22.6 Å². The van der Waals surface area contributed by atoms with Crippen molar-refractivity contribution in [1.82, 2.24) is 24.8 Å². The van der Waals surface area contributed by atoms with E-state index >= 15 is 0 Å². The number of likely N-dealkylation sites (N-methyl/N-ethyl adjacent to an activating group) is 1. The lowest BCUT2D eigenvalue weighted by Crippen LogP contribution is -2.43. The number of benzene rings is 3. The molecule has 1 fully saturated rings. The van der Waals surface area contributed by atoms with Crippen LogP contribution in [0.15, 0.2) is 72.9 Å². The molecule has 0 saturated carbocycles. The van der Waals surface area contributed by atoms with Gasteiger partial charge in [0.1, 0.15) is 17.0 Å². The van der Waals surface area contributed by atoms with E-state index in [0.717, 1.165) is 55.1 Å². The fraction of sp³-hybridized carbons (Fsp3) is 0.242. The van der Waals surface area contributed by atoms with Gasteiger partial charge in [-0.1, -0.05) is 12.1 Å². The summed E-state index contributed by atoms with van der Waals surface area (Å²) < 4.78 is 6.30. The zero-order valence-corrected chi connectivity index (χ0v) is 24.0. The van der Waals surface area contributed by atoms with E-state index in [1.807, 2.05) is 31.2 Å². The second-order valence-electron chi connectivity index (χ2n) is 10.9. The second kappa shape index (κ2) is 11.6. The summed E-state index contributed by atoms with van der Waals surface area (Å²) in [5.74, 6) is 1.28. The summed E-state index contributed by atoms with van der Waals surface area (Å²) in [6.07, 6.45) is 1.78. The molecule has 0 unspecified atom stereocenters. The van der Waals surface area contributed by atoms with Gasteiger partial charge in [0, 0.05) is 55.7 Å². The van der Waals surface area contributed by atoms with E-state index in [4.69, 9.17) is 4.74 Å². The standard InChI is InChI=1S/C33H34N6O3/c1-21-4-5-24(32(41)35-26-9-6-25(22(2)18-26)20-39-16-14-38(3)15-17-39)19-29(21)42-33-30-28(12-13-34-30)36-31(37-33)23-7-10-27(40)11-8-23/h4-13,18-19,34,40H,14-17,20H2,1-3H3,(H,35,41). The number of amides is 1. The first-order valence-electron chi connectivity index (χ1n) is 14.1. The Labute approximate surface area is 244 Å². The molecule has 0 atom stereocenters. The Morgan fingerprint density at radius 1 is 0.952 bits per heavy atom. The van der Waals surface area contributed by atoms with Gasteiger partial charge in [0.05, 0.1) is 5.52 Å². The molecular formula is C33H34N6O3. The molecule has 1 saturated heterocycles. The van der Waals surface area contributed by atoms with Crippen LogP contribution in [0.1, 0.15) is 27.0 Å². The van der Waals surface area contributed by atoms with Crippen molar-refractivity contribution in [2.24, 2.45) is 0 Å². The highest BCUT2D eigenvalue weighted by atomic mass is 16.5. The molecular weight excluding hydrogens is 528 g/mol. The van der Waals surface area contributed by atoms with Crippen molar-refractivity contribution in [3.05, 3.63) is 95.2 Å². The van der Waals surface area contributed by atoms with Crippen LogP contribution in [0.25, 0.3) is 22.4 Å². The number of carbonyl (C=O) groups is 1. The predicted octanol–water partition coefficient (Wildman–Crippen LogP) is 5.74. The van der Waals surface area contributed by atoms with Gasteiger partial charge in [-0.15, -0.1) is 0 Å². The van der Waals surface area contributed by atoms with Crippen LogP contribution in [0.4, 0.5) is 5.69 Å². The molecule has 1 aliphatic heterocycles. The number of phenolic OH excluding ortho intramolecular Hbond substituents is 1. The van der Waals surface area contributed by atoms with Crippen LogP contribution in [0.2, 0.25) is 0 Å². The number of H-pyrrole nitrogens is 1. The van der Waals surface area contributed by atoms with Gasteiger partial charge in [-0.25, -0.2) is 4.98 Å². The molecule has 5 aromatic rings. The van der Waals surface area contributed by atoms with Crippen LogP contribution >= 0.6 is 0 Å². The molecule has 9 nitrogen and oxygen atoms in total. The lowest BCUT2D eigenvalue weighted by molar-refractivity contribution is 0.102. The van der Waals surface area contributed by atoms with Crippen molar-refractivity contribution in [3.63, 3.8) is 0 Å². The third-order valence-corrected chi connectivity index (χ3v) is 7.75. The minimum atomic E-state index is -0.219. The maximum Gasteiger partial charge on any atom is 0.255 e. The number of aryl methyl sites for hydroxylation is 2. The number of hydrogen-bond donors (Lipinski definition) is 3. The molecule has 0 bridgehead atoms. The Morgan fingerprint density at radius 2 is 1.74 bits per heavy atom. The van der Waals surface area contributed by atoms with E-state index in [0.29, 0.717) is 34.1 Å². The number of nitrogens with zero attached hydrogens (tertiary/aromatic N) is 4. The molecule has 2 aromatic heterocycles. The van der Waals surface area contributed by atoms with Crippen molar-refractivity contribution in [2.45, 2.75) is 20.4 Å². The highest BCUT2D eigenvalue weighted by Gasteiger charge is 2.17. The zero-order chi connectivity index (χ0) is 29.2. The van der Waals surface area contributed by atoms with Crippen LogP contribution < -0.4 is 10.1 Å². The first kappa shape index (κ1) is 27.4. The molecule has 0 aliphatic carbocycles. The van der Waals surface area contributed by atoms with E-state index in [1.165, 1.54) is 5.56 Å². The molecule has 42 heavy (non-hydrogen) atoms. The zero-order valence-electron chi connectivity index (χ0n) is 24.0. The fourth-order valence-electron chi connectivity index (χ4n) is 5.09. The minimum Gasteiger partial charge on any atom is -0.508 e. The first-order chi connectivity index (χ1) is 20.3. The summed E-state index contributed by atoms with van der Waals surface area (Å²) in [6, 6.07) is 20.0. The highest BCUT2D eigenvalue weighted by molar-refractivity contribution is 6.04. The second-order valence-corrected chi connectivity index (χ2v) is 10.9. The molecule has 214 valence electrons. The molecule has 6 rings (SSSR count). The normalized spacial score (nSPS) is 14.3. The Kier molecular flexibility index (Phi) is 7.60. The van der Waals surface area contributed by atoms with E-state index in [1.54, 1.807) is 42.6 Å². The predicted molar refractivity (Wildman–Crippen MR) is 164 cm³/mol. The Hall–Kier alpha value is -4.73. The van der Waals surface area contributed by atoms with Crippen LogP contribution in [0.5, 0.6) is 17.4 Å². The summed E-state index contributed by atoms with van der Waals surface area (Å²) in [5.41, 5.74) is 6.62. The Bertz CT molecular complexity index is 1740. The third kappa shape index (κ3) is 5.97. The lowest BCUT2D eigenvalue weighted by Gasteiger charge is -2.32. The fourth-order valence-corrected chi connectivity index (χ4v) is 5.09. The van der Waals surface area contributed by atoms with Gasteiger partial charge in [-0.3, -0.25) is 9.69 Å². The first-order valence-corrected chi connectivity index (χ1v) is 14.1. The van der Waals surface area contributed by atoms with E-state index in [2.05, 4.69) is 50.1 Å². The molecule has 3 N–H and O–H groups in total.